The smallest absolute Gasteiger partial charge is 0.322 e. The number of nitrogens with zero attached hydrogens (tertiary/aromatic N) is 4. The Morgan fingerprint density at radius 2 is 1.82 bits per heavy atom. The third kappa shape index (κ3) is 2.75. The topological polar surface area (TPSA) is 77.2 Å². The zero-order valence-corrected chi connectivity index (χ0v) is 10.6. The van der Waals surface area contributed by atoms with Crippen LogP contribution in [0.5, 0.6) is 6.01 Å². The molecule has 1 aromatic rings. The average Bonchev–Trinajstić information content (AvgIpc) is 2.26. The number of anilines is 2. The van der Waals surface area contributed by atoms with Crippen LogP contribution in [0.3, 0.4) is 0 Å². The number of aromatic nitrogens is 3. The van der Waals surface area contributed by atoms with Crippen LogP contribution in [0.2, 0.25) is 0 Å². The van der Waals surface area contributed by atoms with Gasteiger partial charge in [0.25, 0.3) is 0 Å². The van der Waals surface area contributed by atoms with Crippen molar-refractivity contribution in [1.82, 2.24) is 15.0 Å². The fourth-order valence-electron chi connectivity index (χ4n) is 2.42. The molecule has 0 amide bonds. The zero-order chi connectivity index (χ0) is 12.4. The van der Waals surface area contributed by atoms with Crippen LogP contribution >= 0.6 is 0 Å². The second kappa shape index (κ2) is 4.73. The van der Waals surface area contributed by atoms with Gasteiger partial charge in [0.1, 0.15) is 0 Å². The van der Waals surface area contributed by atoms with Gasteiger partial charge in [-0.3, -0.25) is 0 Å². The molecule has 94 valence electrons. The predicted molar refractivity (Wildman–Crippen MR) is 65.9 cm³/mol. The maximum atomic E-state index is 5.64. The van der Waals surface area contributed by atoms with Crippen LogP contribution in [0.15, 0.2) is 0 Å². The van der Waals surface area contributed by atoms with Crippen molar-refractivity contribution in [3.05, 3.63) is 0 Å². The highest BCUT2D eigenvalue weighted by Crippen LogP contribution is 2.24. The van der Waals surface area contributed by atoms with Crippen molar-refractivity contribution in [2.24, 2.45) is 11.8 Å². The number of nitrogens with two attached hydrogens (primary N) is 1. The molecule has 1 fully saturated rings. The van der Waals surface area contributed by atoms with E-state index in [-0.39, 0.29) is 12.0 Å². The Hall–Kier alpha value is -1.59. The Balaban J connectivity index is 2.23. The molecule has 0 radical (unpaired) electrons. The highest BCUT2D eigenvalue weighted by atomic mass is 16.5. The van der Waals surface area contributed by atoms with Crippen LogP contribution in [0.1, 0.15) is 20.3 Å². The summed E-state index contributed by atoms with van der Waals surface area (Å²) in [5.74, 6) is 2.11. The van der Waals surface area contributed by atoms with Gasteiger partial charge in [-0.15, -0.1) is 0 Å². The van der Waals surface area contributed by atoms with Crippen molar-refractivity contribution in [1.29, 1.82) is 0 Å². The van der Waals surface area contributed by atoms with Gasteiger partial charge in [0.2, 0.25) is 11.9 Å². The maximum Gasteiger partial charge on any atom is 0.322 e. The molecule has 1 saturated heterocycles. The lowest BCUT2D eigenvalue weighted by molar-refractivity contribution is 0.348. The predicted octanol–water partition coefficient (Wildman–Crippen LogP) is 0.945. The quantitative estimate of drug-likeness (QED) is 0.825. The van der Waals surface area contributed by atoms with Gasteiger partial charge in [-0.25, -0.2) is 0 Å². The number of piperidine rings is 1. The highest BCUT2D eigenvalue weighted by Gasteiger charge is 2.24. The van der Waals surface area contributed by atoms with Gasteiger partial charge < -0.3 is 15.4 Å². The Bertz CT molecular complexity index is 387. The van der Waals surface area contributed by atoms with E-state index in [4.69, 9.17) is 10.5 Å². The molecule has 17 heavy (non-hydrogen) atoms. The molecule has 6 nitrogen and oxygen atoms in total. The van der Waals surface area contributed by atoms with Crippen LogP contribution in [-0.4, -0.2) is 35.2 Å². The Morgan fingerprint density at radius 1 is 1.18 bits per heavy atom. The van der Waals surface area contributed by atoms with Crippen molar-refractivity contribution in [2.75, 3.05) is 30.8 Å². The van der Waals surface area contributed by atoms with Crippen LogP contribution in [0, 0.1) is 11.8 Å². The van der Waals surface area contributed by atoms with Gasteiger partial charge in [-0.05, 0) is 18.3 Å². The average molecular weight is 237 g/mol. The van der Waals surface area contributed by atoms with Gasteiger partial charge >= 0.3 is 6.01 Å². The minimum atomic E-state index is 0.206. The van der Waals surface area contributed by atoms with E-state index in [9.17, 15) is 0 Å². The van der Waals surface area contributed by atoms with E-state index in [1.165, 1.54) is 13.5 Å². The summed E-state index contributed by atoms with van der Waals surface area (Å²) in [5, 5.41) is 0. The van der Waals surface area contributed by atoms with Crippen molar-refractivity contribution < 1.29 is 4.74 Å². The number of hydrogen-bond donors (Lipinski definition) is 1. The monoisotopic (exact) mass is 237 g/mol. The van der Waals surface area contributed by atoms with E-state index in [2.05, 4.69) is 33.7 Å². The summed E-state index contributed by atoms with van der Waals surface area (Å²) in [6, 6.07) is 0.276. The molecule has 0 aromatic carbocycles. The Labute approximate surface area is 101 Å². The van der Waals surface area contributed by atoms with E-state index in [1.807, 2.05) is 0 Å². The first-order chi connectivity index (χ1) is 8.08. The third-order valence-corrected chi connectivity index (χ3v) is 2.95. The molecule has 1 aliphatic heterocycles. The van der Waals surface area contributed by atoms with Crippen LogP contribution in [0.25, 0.3) is 0 Å². The van der Waals surface area contributed by atoms with E-state index >= 15 is 0 Å². The van der Waals surface area contributed by atoms with Crippen molar-refractivity contribution in [2.45, 2.75) is 20.3 Å². The van der Waals surface area contributed by atoms with Crippen LogP contribution in [0.4, 0.5) is 11.9 Å². The largest absolute Gasteiger partial charge is 0.467 e. The molecule has 2 heterocycles. The van der Waals surface area contributed by atoms with Crippen molar-refractivity contribution in [3.63, 3.8) is 0 Å². The summed E-state index contributed by atoms with van der Waals surface area (Å²) in [6.45, 7) is 6.39. The molecular weight excluding hydrogens is 218 g/mol. The third-order valence-electron chi connectivity index (χ3n) is 2.95. The number of hydrogen-bond acceptors (Lipinski definition) is 6. The summed E-state index contributed by atoms with van der Waals surface area (Å²) in [4.78, 5) is 14.5. The number of methoxy groups -OCH3 is 1. The van der Waals surface area contributed by atoms with Gasteiger partial charge in [0, 0.05) is 13.1 Å². The first-order valence-corrected chi connectivity index (χ1v) is 5.89. The van der Waals surface area contributed by atoms with Gasteiger partial charge in [0.05, 0.1) is 7.11 Å². The van der Waals surface area contributed by atoms with Crippen LogP contribution < -0.4 is 15.4 Å². The summed E-state index contributed by atoms with van der Waals surface area (Å²) in [6.07, 6.45) is 1.24. The molecule has 2 unspecified atom stereocenters. The molecule has 1 aromatic heterocycles. The summed E-state index contributed by atoms with van der Waals surface area (Å²) in [7, 11) is 1.53. The minimum Gasteiger partial charge on any atom is -0.467 e. The fraction of sp³-hybridized carbons (Fsp3) is 0.727. The highest BCUT2D eigenvalue weighted by molar-refractivity contribution is 5.36. The Kier molecular flexibility index (Phi) is 3.31. The van der Waals surface area contributed by atoms with Gasteiger partial charge in [0.15, 0.2) is 0 Å². The van der Waals surface area contributed by atoms with Crippen molar-refractivity contribution in [3.8, 4) is 6.01 Å². The molecular formula is C11H19N5O. The van der Waals surface area contributed by atoms with E-state index in [0.717, 1.165) is 13.1 Å². The molecule has 2 rings (SSSR count). The fourth-order valence-corrected chi connectivity index (χ4v) is 2.42. The van der Waals surface area contributed by atoms with Crippen molar-refractivity contribution >= 4 is 11.9 Å². The van der Waals surface area contributed by atoms with Gasteiger partial charge in [-0.1, -0.05) is 13.8 Å². The lowest BCUT2D eigenvalue weighted by Gasteiger charge is -2.34. The Morgan fingerprint density at radius 3 is 2.41 bits per heavy atom. The molecule has 0 bridgehead atoms. The first kappa shape index (κ1) is 11.9. The maximum absolute atomic E-state index is 5.64. The van der Waals surface area contributed by atoms with E-state index < -0.39 is 0 Å². The summed E-state index contributed by atoms with van der Waals surface area (Å²) >= 11 is 0. The summed E-state index contributed by atoms with van der Waals surface area (Å²) in [5.41, 5.74) is 5.64. The molecule has 0 saturated carbocycles. The number of ether oxygens (including phenoxy) is 1. The van der Waals surface area contributed by atoms with E-state index in [1.54, 1.807) is 0 Å². The number of rotatable bonds is 2. The molecule has 1 aliphatic rings. The zero-order valence-electron chi connectivity index (χ0n) is 10.6. The molecule has 2 atom stereocenters. The SMILES string of the molecule is COc1nc(N)nc(N2CC(C)CC(C)C2)n1. The molecule has 0 spiro atoms. The standard InChI is InChI=1S/C11H19N5O/c1-7-4-8(2)6-16(5-7)10-13-9(12)14-11(15-10)17-3/h7-8H,4-6H2,1-3H3,(H2,12,13,14,15). The van der Waals surface area contributed by atoms with Gasteiger partial charge in [-0.2, -0.15) is 15.0 Å². The first-order valence-electron chi connectivity index (χ1n) is 5.89. The molecule has 0 aliphatic carbocycles. The summed E-state index contributed by atoms with van der Waals surface area (Å²) < 4.78 is 5.01. The lowest BCUT2D eigenvalue weighted by Crippen LogP contribution is -2.39. The lowest BCUT2D eigenvalue weighted by atomic mass is 9.92. The minimum absolute atomic E-state index is 0.206. The molecule has 2 N–H and O–H groups in total. The second-order valence-electron chi connectivity index (χ2n) is 4.83. The number of nitrogen functional groups attached to an aromatic ring is 1. The van der Waals surface area contributed by atoms with E-state index in [0.29, 0.717) is 17.8 Å². The van der Waals surface area contributed by atoms with Crippen LogP contribution in [-0.2, 0) is 0 Å². The molecule has 6 heteroatoms. The normalized spacial score (nSPS) is 24.8. The second-order valence-corrected chi connectivity index (χ2v) is 4.83.